The van der Waals surface area contributed by atoms with Gasteiger partial charge in [-0.25, -0.2) is 8.78 Å². The molecule has 1 heterocycles. The van der Waals surface area contributed by atoms with Gasteiger partial charge in [0.1, 0.15) is 11.5 Å². The molecule has 0 fully saturated rings. The van der Waals surface area contributed by atoms with Crippen LogP contribution in [0.4, 0.5) is 14.5 Å². The van der Waals surface area contributed by atoms with E-state index in [2.05, 4.69) is 4.98 Å². The van der Waals surface area contributed by atoms with Gasteiger partial charge in [0.15, 0.2) is 5.82 Å². The average molecular weight is 266 g/mol. The fourth-order valence-corrected chi connectivity index (χ4v) is 1.30. The van der Waals surface area contributed by atoms with Crippen LogP contribution >= 0.6 is 0 Å². The molecule has 0 aliphatic heterocycles. The zero-order valence-electron chi connectivity index (χ0n) is 10.1. The number of pyridine rings is 1. The highest BCUT2D eigenvalue weighted by molar-refractivity contribution is 5.63. The van der Waals surface area contributed by atoms with E-state index < -0.39 is 17.6 Å². The summed E-state index contributed by atoms with van der Waals surface area (Å²) in [4.78, 5) is 12.8. The molecule has 1 aromatic heterocycles. The number of anilines is 1. The first-order valence-electron chi connectivity index (χ1n) is 5.27. The van der Waals surface area contributed by atoms with E-state index in [1.54, 1.807) is 6.07 Å². The summed E-state index contributed by atoms with van der Waals surface area (Å²) in [6.45, 7) is 1.08. The molecule has 1 aromatic carbocycles. The lowest BCUT2D eigenvalue weighted by Gasteiger charge is -2.03. The van der Waals surface area contributed by atoms with Crippen molar-refractivity contribution in [2.24, 2.45) is 0 Å². The number of nitrogens with zero attached hydrogens (tertiary/aromatic N) is 1. The second-order valence-corrected chi connectivity index (χ2v) is 3.60. The van der Waals surface area contributed by atoms with Gasteiger partial charge in [0.05, 0.1) is 11.9 Å². The van der Waals surface area contributed by atoms with Gasteiger partial charge in [-0.1, -0.05) is 12.1 Å². The summed E-state index contributed by atoms with van der Waals surface area (Å²) >= 11 is 0. The Morgan fingerprint density at radius 1 is 1.26 bits per heavy atom. The molecule has 0 aliphatic carbocycles. The smallest absolute Gasteiger partial charge is 0.300 e. The minimum absolute atomic E-state index is 0.0256. The third-order valence-electron chi connectivity index (χ3n) is 1.99. The van der Waals surface area contributed by atoms with Gasteiger partial charge in [0, 0.05) is 18.6 Å². The van der Waals surface area contributed by atoms with E-state index >= 15 is 0 Å². The molecule has 0 bridgehead atoms. The summed E-state index contributed by atoms with van der Waals surface area (Å²) in [5.74, 6) is -1.96. The predicted molar refractivity (Wildman–Crippen MR) is 67.3 cm³/mol. The summed E-state index contributed by atoms with van der Waals surface area (Å²) in [5.41, 5.74) is 5.67. The molecule has 19 heavy (non-hydrogen) atoms. The molecule has 100 valence electrons. The molecule has 0 spiro atoms. The third kappa shape index (κ3) is 4.34. The summed E-state index contributed by atoms with van der Waals surface area (Å²) in [7, 11) is 0. The first-order chi connectivity index (χ1) is 8.91. The highest BCUT2D eigenvalue weighted by Crippen LogP contribution is 2.23. The van der Waals surface area contributed by atoms with E-state index in [-0.39, 0.29) is 16.9 Å². The summed E-state index contributed by atoms with van der Waals surface area (Å²) < 4.78 is 26.7. The quantitative estimate of drug-likeness (QED) is 0.832. The number of nitrogens with two attached hydrogens (primary N) is 1. The standard InChI is InChI=1S/C11H8F2N2.C2H4O2/c12-9-4-2-1-3-8(9)11-10(13)5-7(14)6-15-11;1-2(3)4/h1-6H,14H2;1H3,(H,3,4). The number of halogens is 2. The monoisotopic (exact) mass is 266 g/mol. The Morgan fingerprint density at radius 3 is 2.37 bits per heavy atom. The van der Waals surface area contributed by atoms with Gasteiger partial charge >= 0.3 is 0 Å². The van der Waals surface area contributed by atoms with Crippen LogP contribution in [0.2, 0.25) is 0 Å². The summed E-state index contributed by atoms with van der Waals surface area (Å²) in [6, 6.07) is 7.00. The van der Waals surface area contributed by atoms with Crippen molar-refractivity contribution in [2.45, 2.75) is 6.92 Å². The van der Waals surface area contributed by atoms with Crippen molar-refractivity contribution in [2.75, 3.05) is 5.73 Å². The van der Waals surface area contributed by atoms with E-state index in [1.807, 2.05) is 0 Å². The van der Waals surface area contributed by atoms with Crippen molar-refractivity contribution in [3.63, 3.8) is 0 Å². The fraction of sp³-hybridized carbons (Fsp3) is 0.0769. The molecule has 6 heteroatoms. The van der Waals surface area contributed by atoms with Crippen LogP contribution in [0.25, 0.3) is 11.3 Å². The first-order valence-corrected chi connectivity index (χ1v) is 5.27. The van der Waals surface area contributed by atoms with Crippen molar-refractivity contribution >= 4 is 11.7 Å². The Hall–Kier alpha value is -2.50. The van der Waals surface area contributed by atoms with Crippen LogP contribution in [-0.4, -0.2) is 16.1 Å². The molecule has 0 amide bonds. The number of carboxylic acids is 1. The van der Waals surface area contributed by atoms with Crippen LogP contribution in [-0.2, 0) is 4.79 Å². The topological polar surface area (TPSA) is 76.2 Å². The number of carboxylic acid groups (broad SMARTS) is 1. The largest absolute Gasteiger partial charge is 0.481 e. The number of hydrogen-bond acceptors (Lipinski definition) is 3. The SMILES string of the molecule is CC(=O)O.Nc1cnc(-c2ccccc2F)c(F)c1. The highest BCUT2D eigenvalue weighted by Gasteiger charge is 2.10. The van der Waals surface area contributed by atoms with Crippen molar-refractivity contribution in [1.29, 1.82) is 0 Å². The van der Waals surface area contributed by atoms with Crippen molar-refractivity contribution in [3.05, 3.63) is 48.2 Å². The molecule has 2 rings (SSSR count). The Bertz CT molecular complexity index is 585. The van der Waals surface area contributed by atoms with Gasteiger partial charge < -0.3 is 10.8 Å². The molecule has 4 nitrogen and oxygen atoms in total. The number of benzene rings is 1. The fourth-order valence-electron chi connectivity index (χ4n) is 1.30. The molecule has 0 aliphatic rings. The van der Waals surface area contributed by atoms with Crippen molar-refractivity contribution < 1.29 is 18.7 Å². The zero-order chi connectivity index (χ0) is 14.4. The highest BCUT2D eigenvalue weighted by atomic mass is 19.1. The van der Waals surface area contributed by atoms with E-state index in [4.69, 9.17) is 15.6 Å². The van der Waals surface area contributed by atoms with Crippen LogP contribution in [0, 0.1) is 11.6 Å². The number of nitrogen functional groups attached to an aromatic ring is 1. The number of carbonyl (C=O) groups is 1. The van der Waals surface area contributed by atoms with Crippen molar-refractivity contribution in [1.82, 2.24) is 4.98 Å². The summed E-state index contributed by atoms with van der Waals surface area (Å²) in [5, 5.41) is 7.42. The number of rotatable bonds is 1. The van der Waals surface area contributed by atoms with Crippen LogP contribution in [0.3, 0.4) is 0 Å². The Morgan fingerprint density at radius 2 is 1.84 bits per heavy atom. The third-order valence-corrected chi connectivity index (χ3v) is 1.99. The van der Waals surface area contributed by atoms with Gasteiger partial charge in [-0.2, -0.15) is 0 Å². The average Bonchev–Trinajstić information content (AvgIpc) is 2.30. The molecular formula is C13H12F2N2O2. The van der Waals surface area contributed by atoms with Gasteiger partial charge in [-0.05, 0) is 12.1 Å². The minimum Gasteiger partial charge on any atom is -0.481 e. The Labute approximate surface area is 108 Å². The summed E-state index contributed by atoms with van der Waals surface area (Å²) in [6.07, 6.45) is 1.30. The van der Waals surface area contributed by atoms with E-state index in [0.29, 0.717) is 0 Å². The maximum Gasteiger partial charge on any atom is 0.300 e. The van der Waals surface area contributed by atoms with Gasteiger partial charge in [0.2, 0.25) is 0 Å². The second-order valence-electron chi connectivity index (χ2n) is 3.60. The lowest BCUT2D eigenvalue weighted by Crippen LogP contribution is -1.95. The van der Waals surface area contributed by atoms with E-state index in [1.165, 1.54) is 24.4 Å². The number of aromatic nitrogens is 1. The molecule has 0 unspecified atom stereocenters. The molecule has 2 aromatic rings. The second kappa shape index (κ2) is 6.44. The van der Waals surface area contributed by atoms with Crippen LogP contribution < -0.4 is 5.73 Å². The first kappa shape index (κ1) is 14.6. The zero-order valence-corrected chi connectivity index (χ0v) is 10.1. The molecule has 0 saturated carbocycles. The predicted octanol–water partition coefficient (Wildman–Crippen LogP) is 2.70. The number of aliphatic carboxylic acids is 1. The molecule has 0 atom stereocenters. The van der Waals surface area contributed by atoms with Gasteiger partial charge in [0.25, 0.3) is 5.97 Å². The van der Waals surface area contributed by atoms with E-state index in [0.717, 1.165) is 13.0 Å². The van der Waals surface area contributed by atoms with Gasteiger partial charge in [-0.3, -0.25) is 9.78 Å². The lowest BCUT2D eigenvalue weighted by atomic mass is 10.1. The van der Waals surface area contributed by atoms with Crippen LogP contribution in [0.15, 0.2) is 36.5 Å². The molecule has 3 N–H and O–H groups in total. The minimum atomic E-state index is -0.833. The number of hydrogen-bond donors (Lipinski definition) is 2. The molecule has 0 radical (unpaired) electrons. The normalized spacial score (nSPS) is 9.42. The van der Waals surface area contributed by atoms with E-state index in [9.17, 15) is 8.78 Å². The molecule has 0 saturated heterocycles. The molecular weight excluding hydrogens is 254 g/mol. The maximum absolute atomic E-state index is 13.4. The Balaban J connectivity index is 0.000000399. The lowest BCUT2D eigenvalue weighted by molar-refractivity contribution is -0.134. The maximum atomic E-state index is 13.4. The van der Waals surface area contributed by atoms with Crippen LogP contribution in [0.5, 0.6) is 0 Å². The Kier molecular flexibility index (Phi) is 4.93. The van der Waals surface area contributed by atoms with Crippen LogP contribution in [0.1, 0.15) is 6.92 Å². The van der Waals surface area contributed by atoms with Gasteiger partial charge in [-0.15, -0.1) is 0 Å². The van der Waals surface area contributed by atoms with Crippen molar-refractivity contribution in [3.8, 4) is 11.3 Å².